The zero-order valence-electron chi connectivity index (χ0n) is 14.2. The van der Waals surface area contributed by atoms with E-state index in [1.807, 2.05) is 13.8 Å². The molecule has 2 aliphatic carbocycles. The van der Waals surface area contributed by atoms with Crippen molar-refractivity contribution in [3.8, 4) is 0 Å². The number of nitrogens with one attached hydrogen (secondary N) is 1. The highest BCUT2D eigenvalue weighted by atomic mass is 32.2. The van der Waals surface area contributed by atoms with Crippen molar-refractivity contribution in [1.82, 2.24) is 9.62 Å². The number of halogens is 3. The van der Waals surface area contributed by atoms with Crippen LogP contribution in [0.4, 0.5) is 13.2 Å². The Kier molecular flexibility index (Phi) is 6.67. The lowest BCUT2D eigenvalue weighted by atomic mass is 9.61. The average Bonchev–Trinajstić information content (AvgIpc) is 2.45. The summed E-state index contributed by atoms with van der Waals surface area (Å²) < 4.78 is 40.3. The van der Waals surface area contributed by atoms with Crippen LogP contribution in [0, 0.1) is 17.3 Å². The van der Waals surface area contributed by atoms with Gasteiger partial charge in [0.1, 0.15) is 0 Å². The minimum absolute atomic E-state index is 0.287. The lowest BCUT2D eigenvalue weighted by Gasteiger charge is -2.57. The van der Waals surface area contributed by atoms with Crippen molar-refractivity contribution in [2.45, 2.75) is 64.6 Å². The van der Waals surface area contributed by atoms with Gasteiger partial charge < -0.3 is 5.32 Å². The first-order valence-corrected chi connectivity index (χ1v) is 9.66. The van der Waals surface area contributed by atoms with Crippen molar-refractivity contribution in [3.63, 3.8) is 0 Å². The molecule has 1 spiro atoms. The molecule has 0 aromatic rings. The molecule has 1 aliphatic heterocycles. The van der Waals surface area contributed by atoms with Gasteiger partial charge in [-0.15, -0.1) is 0 Å². The van der Waals surface area contributed by atoms with Gasteiger partial charge in [-0.05, 0) is 49.9 Å². The van der Waals surface area contributed by atoms with Crippen molar-refractivity contribution >= 4 is 12.1 Å². The summed E-state index contributed by atoms with van der Waals surface area (Å²) in [6.07, 6.45) is 0.294. The summed E-state index contributed by atoms with van der Waals surface area (Å²) in [5.41, 5.74) is 0.507. The molecule has 0 aromatic heterocycles. The molecule has 1 heterocycles. The van der Waals surface area contributed by atoms with E-state index in [-0.39, 0.29) is 12.8 Å². The van der Waals surface area contributed by atoms with Gasteiger partial charge in [-0.1, -0.05) is 13.8 Å². The monoisotopic (exact) mass is 353 g/mol. The number of hydrogen-bond acceptors (Lipinski definition) is 4. The molecule has 136 valence electrons. The molecule has 7 heteroatoms. The highest BCUT2D eigenvalue weighted by Gasteiger charge is 2.50. The third-order valence-corrected chi connectivity index (χ3v) is 6.35. The molecule has 1 saturated heterocycles. The van der Waals surface area contributed by atoms with Gasteiger partial charge in [-0.2, -0.15) is 13.2 Å². The average molecular weight is 353 g/mol. The molecule has 2 saturated carbocycles. The normalized spacial score (nSPS) is 30.4. The molecule has 3 aliphatic rings. The molecule has 3 N–H and O–H groups in total. The van der Waals surface area contributed by atoms with E-state index in [0.29, 0.717) is 30.2 Å². The van der Waals surface area contributed by atoms with Crippen LogP contribution in [0.5, 0.6) is 0 Å². The summed E-state index contributed by atoms with van der Waals surface area (Å²) in [4.78, 5) is 0. The maximum Gasteiger partial charge on any atom is 0.391 e. The SMILES string of the molecule is CC.NSN(CC1CCC(C(F)(F)F)CC1)C1CC2(CNC2)C1. The Hall–Kier alpha value is 0.0200. The van der Waals surface area contributed by atoms with Crippen LogP contribution in [0.1, 0.15) is 52.4 Å². The molecule has 0 amide bonds. The predicted octanol–water partition coefficient (Wildman–Crippen LogP) is 3.96. The van der Waals surface area contributed by atoms with Crippen LogP contribution in [0.2, 0.25) is 0 Å². The number of rotatable bonds is 4. The fraction of sp³-hybridized carbons (Fsp3) is 1.00. The first-order chi connectivity index (χ1) is 10.9. The van der Waals surface area contributed by atoms with E-state index in [2.05, 4.69) is 9.62 Å². The lowest BCUT2D eigenvalue weighted by molar-refractivity contribution is -0.184. The van der Waals surface area contributed by atoms with Crippen LogP contribution in [0.15, 0.2) is 0 Å². The molecule has 0 bridgehead atoms. The lowest BCUT2D eigenvalue weighted by Crippen LogP contribution is -2.64. The van der Waals surface area contributed by atoms with Gasteiger partial charge in [-0.25, -0.2) is 4.31 Å². The van der Waals surface area contributed by atoms with Crippen LogP contribution >= 0.6 is 12.1 Å². The number of nitrogens with two attached hydrogens (primary N) is 1. The molecular formula is C16H30F3N3S. The summed E-state index contributed by atoms with van der Waals surface area (Å²) in [6.45, 7) is 7.08. The second-order valence-electron chi connectivity index (χ2n) is 7.13. The molecule has 0 aromatic carbocycles. The highest BCUT2D eigenvalue weighted by molar-refractivity contribution is 7.94. The van der Waals surface area contributed by atoms with Gasteiger partial charge in [0.05, 0.1) is 5.92 Å². The zero-order chi connectivity index (χ0) is 17.1. The Labute approximate surface area is 142 Å². The Morgan fingerprint density at radius 3 is 2.09 bits per heavy atom. The van der Waals surface area contributed by atoms with E-state index in [9.17, 15) is 13.2 Å². The topological polar surface area (TPSA) is 41.3 Å². The Morgan fingerprint density at radius 2 is 1.70 bits per heavy atom. The third-order valence-electron chi connectivity index (χ3n) is 5.63. The van der Waals surface area contributed by atoms with Crippen molar-refractivity contribution < 1.29 is 13.2 Å². The summed E-state index contributed by atoms with van der Waals surface area (Å²) >= 11 is 1.28. The molecular weight excluding hydrogens is 323 g/mol. The molecule has 0 atom stereocenters. The second-order valence-corrected chi connectivity index (χ2v) is 7.81. The smallest absolute Gasteiger partial charge is 0.316 e. The van der Waals surface area contributed by atoms with E-state index in [0.717, 1.165) is 19.6 Å². The van der Waals surface area contributed by atoms with E-state index in [1.54, 1.807) is 0 Å². The van der Waals surface area contributed by atoms with Gasteiger partial charge in [0, 0.05) is 37.8 Å². The van der Waals surface area contributed by atoms with Crippen molar-refractivity contribution in [1.29, 1.82) is 0 Å². The van der Waals surface area contributed by atoms with Crippen molar-refractivity contribution in [3.05, 3.63) is 0 Å². The van der Waals surface area contributed by atoms with Crippen LogP contribution < -0.4 is 10.5 Å². The molecule has 3 fully saturated rings. The van der Waals surface area contributed by atoms with Gasteiger partial charge in [0.15, 0.2) is 0 Å². The fourth-order valence-corrected chi connectivity index (χ4v) is 4.73. The summed E-state index contributed by atoms with van der Waals surface area (Å²) in [5.74, 6) is -0.712. The van der Waals surface area contributed by atoms with Gasteiger partial charge in [-0.3, -0.25) is 5.14 Å². The maximum atomic E-state index is 12.7. The minimum Gasteiger partial charge on any atom is -0.316 e. The van der Waals surface area contributed by atoms with Crippen molar-refractivity contribution in [2.24, 2.45) is 22.4 Å². The summed E-state index contributed by atoms with van der Waals surface area (Å²) in [5, 5.41) is 9.11. The Morgan fingerprint density at radius 1 is 1.13 bits per heavy atom. The Balaban J connectivity index is 0.000000924. The van der Waals surface area contributed by atoms with Crippen molar-refractivity contribution in [2.75, 3.05) is 19.6 Å². The molecule has 0 unspecified atom stereocenters. The second kappa shape index (κ2) is 7.93. The number of nitrogens with zero attached hydrogens (tertiary/aromatic N) is 1. The molecule has 3 rings (SSSR count). The van der Waals surface area contributed by atoms with E-state index in [1.165, 1.54) is 25.0 Å². The summed E-state index contributed by atoms with van der Waals surface area (Å²) in [7, 11) is 0. The predicted molar refractivity (Wildman–Crippen MR) is 89.7 cm³/mol. The van der Waals surface area contributed by atoms with Crippen LogP contribution in [0.3, 0.4) is 0 Å². The zero-order valence-corrected chi connectivity index (χ0v) is 15.0. The molecule has 0 radical (unpaired) electrons. The molecule has 3 nitrogen and oxygen atoms in total. The fourth-order valence-electron chi connectivity index (χ4n) is 4.12. The highest BCUT2D eigenvalue weighted by Crippen LogP contribution is 2.48. The first kappa shape index (κ1) is 19.3. The van der Waals surface area contributed by atoms with E-state index < -0.39 is 12.1 Å². The van der Waals surface area contributed by atoms with Gasteiger partial charge in [0.25, 0.3) is 0 Å². The quantitative estimate of drug-likeness (QED) is 0.751. The largest absolute Gasteiger partial charge is 0.391 e. The number of hydrogen-bond donors (Lipinski definition) is 2. The van der Waals surface area contributed by atoms with Gasteiger partial charge >= 0.3 is 6.18 Å². The molecule has 23 heavy (non-hydrogen) atoms. The van der Waals surface area contributed by atoms with Crippen LogP contribution in [0.25, 0.3) is 0 Å². The minimum atomic E-state index is -4.01. The Bertz CT molecular complexity index is 358. The first-order valence-electron chi connectivity index (χ1n) is 8.83. The van der Waals surface area contributed by atoms with Crippen LogP contribution in [-0.4, -0.2) is 36.2 Å². The van der Waals surface area contributed by atoms with Gasteiger partial charge in [0.2, 0.25) is 0 Å². The standard InChI is InChI=1S/C14H24F3N3S.C2H6/c15-14(16,17)11-3-1-10(2-4-11)7-20(21-18)12-5-13(6-12)8-19-9-13;1-2/h10-12,19H,1-9,18H2;1-2H3. The number of alkyl halides is 3. The van der Waals surface area contributed by atoms with Crippen LogP contribution in [-0.2, 0) is 0 Å². The maximum absolute atomic E-state index is 12.7. The van der Waals surface area contributed by atoms with E-state index in [4.69, 9.17) is 5.14 Å². The third kappa shape index (κ3) is 4.55. The summed E-state index contributed by atoms with van der Waals surface area (Å²) in [6, 6.07) is 0.516. The van der Waals surface area contributed by atoms with E-state index >= 15 is 0 Å².